The fraction of sp³-hybridized carbons (Fsp3) is 0.500. The molecule has 21 heavy (non-hydrogen) atoms. The van der Waals surface area contributed by atoms with Gasteiger partial charge in [0.2, 0.25) is 5.91 Å². The number of rotatable bonds is 3. The molecule has 1 aromatic heterocycles. The number of carbonyl (C=O) groups is 2. The molecule has 1 aromatic rings. The summed E-state index contributed by atoms with van der Waals surface area (Å²) in [7, 11) is 1.75. The summed E-state index contributed by atoms with van der Waals surface area (Å²) in [5, 5.41) is 7.68. The predicted octanol–water partition coefficient (Wildman–Crippen LogP) is 1.78. The molecule has 0 aromatic carbocycles. The summed E-state index contributed by atoms with van der Waals surface area (Å²) in [4.78, 5) is 24.0. The van der Waals surface area contributed by atoms with Crippen LogP contribution in [0, 0.1) is 6.92 Å². The Morgan fingerprint density at radius 1 is 1.33 bits per heavy atom. The number of hydrogen-bond acceptors (Lipinski definition) is 3. The molecule has 0 spiro atoms. The van der Waals surface area contributed by atoms with Crippen LogP contribution in [0.4, 0.5) is 0 Å². The number of nitrogens with zero attached hydrogens (tertiary/aromatic N) is 4. The van der Waals surface area contributed by atoms with E-state index in [9.17, 15) is 9.59 Å². The molecule has 2 heterocycles. The minimum Gasteiger partial charge on any atom is -0.273 e. The van der Waals surface area contributed by atoms with Crippen molar-refractivity contribution < 1.29 is 9.59 Å². The van der Waals surface area contributed by atoms with E-state index in [0.717, 1.165) is 17.7 Å². The van der Waals surface area contributed by atoms with Gasteiger partial charge in [-0.25, -0.2) is 5.01 Å². The first-order valence-electron chi connectivity index (χ1n) is 6.94. The molecule has 0 N–H and O–H groups in total. The van der Waals surface area contributed by atoms with Crippen molar-refractivity contribution in [1.29, 1.82) is 0 Å². The lowest BCUT2D eigenvalue weighted by Gasteiger charge is -2.26. The van der Waals surface area contributed by atoms with Crippen LogP contribution in [-0.2, 0) is 16.6 Å². The maximum absolute atomic E-state index is 12.3. The van der Waals surface area contributed by atoms with E-state index < -0.39 is 0 Å². The van der Waals surface area contributed by atoms with Gasteiger partial charge in [0.25, 0.3) is 5.91 Å². The van der Waals surface area contributed by atoms with Crippen molar-refractivity contribution in [2.75, 3.05) is 13.1 Å². The monoisotopic (exact) mass is 310 g/mol. The Balaban J connectivity index is 2.14. The fourth-order valence-electron chi connectivity index (χ4n) is 2.36. The topological polar surface area (TPSA) is 58.4 Å². The van der Waals surface area contributed by atoms with E-state index in [1.165, 1.54) is 16.1 Å². The predicted molar refractivity (Wildman–Crippen MR) is 80.3 cm³/mol. The van der Waals surface area contributed by atoms with Gasteiger partial charge < -0.3 is 0 Å². The highest BCUT2D eigenvalue weighted by molar-refractivity contribution is 6.31. The summed E-state index contributed by atoms with van der Waals surface area (Å²) in [6.07, 6.45) is 4.29. The molecule has 1 saturated heterocycles. The highest BCUT2D eigenvalue weighted by Gasteiger charge is 2.28. The van der Waals surface area contributed by atoms with Gasteiger partial charge >= 0.3 is 0 Å². The molecular formula is C14H19ClN4O2. The SMILES string of the molecule is CCC(=O)N1CCCN1C(=O)C=Cc1c(C)nn(C)c1Cl. The number of aromatic nitrogens is 2. The summed E-state index contributed by atoms with van der Waals surface area (Å²) in [5.74, 6) is -0.251. The van der Waals surface area contributed by atoms with E-state index in [2.05, 4.69) is 5.10 Å². The number of amides is 2. The lowest BCUT2D eigenvalue weighted by molar-refractivity contribution is -0.154. The summed E-state index contributed by atoms with van der Waals surface area (Å²) in [6, 6.07) is 0. The molecule has 0 aliphatic carbocycles. The van der Waals surface area contributed by atoms with Crippen LogP contribution in [0.15, 0.2) is 6.08 Å². The second-order valence-electron chi connectivity index (χ2n) is 4.93. The van der Waals surface area contributed by atoms with Crippen molar-refractivity contribution in [2.45, 2.75) is 26.7 Å². The van der Waals surface area contributed by atoms with Crippen LogP contribution in [0.25, 0.3) is 6.08 Å². The minimum absolute atomic E-state index is 0.0372. The lowest BCUT2D eigenvalue weighted by atomic mass is 10.2. The molecule has 6 nitrogen and oxygen atoms in total. The van der Waals surface area contributed by atoms with Crippen LogP contribution >= 0.6 is 11.6 Å². The molecule has 2 amide bonds. The van der Waals surface area contributed by atoms with E-state index in [1.54, 1.807) is 24.7 Å². The van der Waals surface area contributed by atoms with Crippen LogP contribution in [0.3, 0.4) is 0 Å². The summed E-state index contributed by atoms with van der Waals surface area (Å²) in [6.45, 7) is 4.78. The zero-order valence-corrected chi connectivity index (χ0v) is 13.2. The average Bonchev–Trinajstić information content (AvgIpc) is 3.03. The smallest absolute Gasteiger partial charge is 0.265 e. The van der Waals surface area contributed by atoms with E-state index in [-0.39, 0.29) is 11.8 Å². The van der Waals surface area contributed by atoms with Gasteiger partial charge in [-0.3, -0.25) is 19.3 Å². The van der Waals surface area contributed by atoms with E-state index >= 15 is 0 Å². The fourth-order valence-corrected chi connectivity index (χ4v) is 2.60. The van der Waals surface area contributed by atoms with Gasteiger partial charge in [-0.1, -0.05) is 18.5 Å². The van der Waals surface area contributed by atoms with Gasteiger partial charge in [-0.15, -0.1) is 0 Å². The number of carbonyl (C=O) groups excluding carboxylic acids is 2. The molecule has 1 fully saturated rings. The van der Waals surface area contributed by atoms with Gasteiger partial charge in [-0.05, 0) is 19.4 Å². The van der Waals surface area contributed by atoms with Crippen LogP contribution in [0.1, 0.15) is 31.0 Å². The zero-order chi connectivity index (χ0) is 15.6. The Hall–Kier alpha value is -1.82. The second kappa shape index (κ2) is 6.30. The van der Waals surface area contributed by atoms with Gasteiger partial charge in [0.15, 0.2) is 0 Å². The highest BCUT2D eigenvalue weighted by atomic mass is 35.5. The minimum atomic E-state index is -0.214. The third kappa shape index (κ3) is 3.10. The van der Waals surface area contributed by atoms with Gasteiger partial charge in [0, 0.05) is 38.2 Å². The molecule has 114 valence electrons. The lowest BCUT2D eigenvalue weighted by Crippen LogP contribution is -2.43. The first-order valence-corrected chi connectivity index (χ1v) is 7.32. The van der Waals surface area contributed by atoms with Crippen LogP contribution in [-0.4, -0.2) is 44.7 Å². The summed E-state index contributed by atoms with van der Waals surface area (Å²) in [5.41, 5.74) is 1.48. The molecule has 1 aliphatic heterocycles. The number of halogens is 1. The van der Waals surface area contributed by atoms with Crippen molar-refractivity contribution in [3.8, 4) is 0 Å². The normalized spacial score (nSPS) is 15.2. The number of hydrogen-bond donors (Lipinski definition) is 0. The second-order valence-corrected chi connectivity index (χ2v) is 5.29. The Bertz CT molecular complexity index is 594. The number of hydrazine groups is 1. The van der Waals surface area contributed by atoms with Crippen molar-refractivity contribution in [3.05, 3.63) is 22.5 Å². The molecule has 0 radical (unpaired) electrons. The maximum Gasteiger partial charge on any atom is 0.265 e. The van der Waals surface area contributed by atoms with Crippen LogP contribution in [0.5, 0.6) is 0 Å². The molecule has 7 heteroatoms. The van der Waals surface area contributed by atoms with Gasteiger partial charge in [0.1, 0.15) is 5.15 Å². The van der Waals surface area contributed by atoms with Crippen molar-refractivity contribution in [2.24, 2.45) is 7.05 Å². The van der Waals surface area contributed by atoms with Gasteiger partial charge in [0.05, 0.1) is 5.69 Å². The van der Waals surface area contributed by atoms with E-state index in [4.69, 9.17) is 11.6 Å². The first kappa shape index (κ1) is 15.6. The van der Waals surface area contributed by atoms with E-state index in [0.29, 0.717) is 24.7 Å². The summed E-state index contributed by atoms with van der Waals surface area (Å²) >= 11 is 6.12. The number of aryl methyl sites for hydroxylation is 2. The Labute approximate surface area is 128 Å². The standard InChI is InChI=1S/C14H19ClN4O2/c1-4-12(20)18-8-5-9-19(18)13(21)7-6-11-10(2)16-17(3)14(11)15/h6-7H,4-5,8-9H2,1-3H3. The van der Waals surface area contributed by atoms with E-state index in [1.807, 2.05) is 6.92 Å². The molecule has 0 unspecified atom stereocenters. The molecule has 0 atom stereocenters. The van der Waals surface area contributed by atoms with Crippen molar-refractivity contribution >= 4 is 29.5 Å². The largest absolute Gasteiger partial charge is 0.273 e. The Kier molecular flexibility index (Phi) is 4.67. The Morgan fingerprint density at radius 3 is 2.57 bits per heavy atom. The van der Waals surface area contributed by atoms with Crippen LogP contribution in [0.2, 0.25) is 5.15 Å². The molecule has 0 saturated carbocycles. The molecule has 2 rings (SSSR count). The molecule has 0 bridgehead atoms. The third-order valence-electron chi connectivity index (χ3n) is 3.46. The molecular weight excluding hydrogens is 292 g/mol. The Morgan fingerprint density at radius 2 is 2.00 bits per heavy atom. The average molecular weight is 311 g/mol. The zero-order valence-electron chi connectivity index (χ0n) is 12.5. The highest BCUT2D eigenvalue weighted by Crippen LogP contribution is 2.20. The maximum atomic E-state index is 12.3. The first-order chi connectivity index (χ1) is 9.95. The van der Waals surface area contributed by atoms with Crippen LogP contribution < -0.4 is 0 Å². The van der Waals surface area contributed by atoms with Crippen molar-refractivity contribution in [1.82, 2.24) is 19.8 Å². The quantitative estimate of drug-likeness (QED) is 0.800. The van der Waals surface area contributed by atoms with Gasteiger partial charge in [-0.2, -0.15) is 5.10 Å². The molecule has 1 aliphatic rings. The summed E-state index contributed by atoms with van der Waals surface area (Å²) < 4.78 is 1.56. The van der Waals surface area contributed by atoms with Crippen molar-refractivity contribution in [3.63, 3.8) is 0 Å². The third-order valence-corrected chi connectivity index (χ3v) is 3.91.